The predicted molar refractivity (Wildman–Crippen MR) is 108 cm³/mol. The van der Waals surface area contributed by atoms with Gasteiger partial charge in [-0.3, -0.25) is 4.40 Å². The van der Waals surface area contributed by atoms with E-state index in [2.05, 4.69) is 4.98 Å². The van der Waals surface area contributed by atoms with E-state index in [9.17, 15) is 4.79 Å². The van der Waals surface area contributed by atoms with Gasteiger partial charge in [0, 0.05) is 30.6 Å². The van der Waals surface area contributed by atoms with Crippen LogP contribution in [0.5, 0.6) is 11.5 Å². The average Bonchev–Trinajstić information content (AvgIpc) is 3.14. The summed E-state index contributed by atoms with van der Waals surface area (Å²) in [5, 5.41) is 0. The average molecular weight is 375 g/mol. The van der Waals surface area contributed by atoms with Crippen molar-refractivity contribution in [2.75, 3.05) is 7.11 Å². The van der Waals surface area contributed by atoms with Crippen molar-refractivity contribution < 1.29 is 9.47 Å². The van der Waals surface area contributed by atoms with Crippen LogP contribution < -0.4 is 15.2 Å². The second kappa shape index (κ2) is 7.23. The first-order valence-corrected chi connectivity index (χ1v) is 8.97. The van der Waals surface area contributed by atoms with E-state index in [0.29, 0.717) is 11.3 Å². The fraction of sp³-hybridized carbons (Fsp3) is 0.182. The predicted octanol–water partition coefficient (Wildman–Crippen LogP) is 3.60. The van der Waals surface area contributed by atoms with Crippen LogP contribution in [0.3, 0.4) is 0 Å². The summed E-state index contributed by atoms with van der Waals surface area (Å²) < 4.78 is 14.4. The molecule has 6 heteroatoms. The van der Waals surface area contributed by atoms with Crippen LogP contribution in [0.15, 0.2) is 65.7 Å². The Morgan fingerprint density at radius 1 is 1.04 bits per heavy atom. The molecule has 0 aliphatic carbocycles. The number of fused-ring (bicyclic) bond motifs is 1. The lowest BCUT2D eigenvalue weighted by atomic mass is 10.0. The van der Waals surface area contributed by atoms with Gasteiger partial charge in [-0.15, -0.1) is 0 Å². The summed E-state index contributed by atoms with van der Waals surface area (Å²) in [5.41, 5.74) is 3.92. The number of aromatic nitrogens is 3. The van der Waals surface area contributed by atoms with Gasteiger partial charge >= 0.3 is 5.69 Å². The quantitative estimate of drug-likeness (QED) is 0.535. The number of methoxy groups -OCH3 is 1. The fourth-order valence-corrected chi connectivity index (χ4v) is 3.21. The van der Waals surface area contributed by atoms with Gasteiger partial charge in [-0.2, -0.15) is 0 Å². The Morgan fingerprint density at radius 3 is 2.57 bits per heavy atom. The third-order valence-electron chi connectivity index (χ3n) is 4.60. The van der Waals surface area contributed by atoms with Gasteiger partial charge in [0.2, 0.25) is 0 Å². The smallest absolute Gasteiger partial charge is 0.333 e. The van der Waals surface area contributed by atoms with E-state index in [1.165, 1.54) is 0 Å². The minimum Gasteiger partial charge on any atom is -0.496 e. The third-order valence-corrected chi connectivity index (χ3v) is 4.60. The molecule has 6 nitrogen and oxygen atoms in total. The Balaban J connectivity index is 1.82. The number of rotatable bonds is 5. The lowest BCUT2D eigenvalue weighted by Crippen LogP contribution is -2.23. The molecule has 2 aromatic heterocycles. The van der Waals surface area contributed by atoms with Crippen molar-refractivity contribution in [1.82, 2.24) is 14.0 Å². The summed E-state index contributed by atoms with van der Waals surface area (Å²) in [5.74, 6) is 1.49. The van der Waals surface area contributed by atoms with Crippen LogP contribution in [0.25, 0.3) is 16.8 Å². The first-order valence-electron chi connectivity index (χ1n) is 8.97. The van der Waals surface area contributed by atoms with E-state index in [-0.39, 0.29) is 12.3 Å². The van der Waals surface area contributed by atoms with Gasteiger partial charge in [-0.05, 0) is 31.2 Å². The number of para-hydroxylation sites is 1. The largest absolute Gasteiger partial charge is 0.496 e. The zero-order valence-corrected chi connectivity index (χ0v) is 16.0. The zero-order valence-electron chi connectivity index (χ0n) is 16.0. The van der Waals surface area contributed by atoms with Gasteiger partial charge in [-0.25, -0.2) is 9.78 Å². The van der Waals surface area contributed by atoms with Crippen molar-refractivity contribution in [1.29, 1.82) is 0 Å². The first kappa shape index (κ1) is 17.9. The summed E-state index contributed by atoms with van der Waals surface area (Å²) in [6, 6.07) is 15.5. The Bertz CT molecular complexity index is 1190. The number of aryl methyl sites for hydroxylation is 2. The molecule has 0 aliphatic rings. The lowest BCUT2D eigenvalue weighted by molar-refractivity contribution is 0.302. The van der Waals surface area contributed by atoms with Gasteiger partial charge < -0.3 is 14.0 Å². The molecule has 142 valence electrons. The Labute approximate surface area is 162 Å². The van der Waals surface area contributed by atoms with Crippen molar-refractivity contribution >= 4 is 5.65 Å². The van der Waals surface area contributed by atoms with Crippen LogP contribution in [0, 0.1) is 6.92 Å². The van der Waals surface area contributed by atoms with E-state index >= 15 is 0 Å². The molecule has 0 saturated carbocycles. The summed E-state index contributed by atoms with van der Waals surface area (Å²) in [7, 11) is 3.37. The highest BCUT2D eigenvalue weighted by Crippen LogP contribution is 2.32. The van der Waals surface area contributed by atoms with Gasteiger partial charge in [0.25, 0.3) is 0 Å². The molecule has 28 heavy (non-hydrogen) atoms. The molecule has 0 radical (unpaired) electrons. The van der Waals surface area contributed by atoms with Crippen LogP contribution in [0.2, 0.25) is 0 Å². The van der Waals surface area contributed by atoms with Crippen LogP contribution in [-0.2, 0) is 13.7 Å². The molecular weight excluding hydrogens is 354 g/mol. The maximum Gasteiger partial charge on any atom is 0.333 e. The summed E-state index contributed by atoms with van der Waals surface area (Å²) in [6.07, 6.45) is 3.52. The van der Waals surface area contributed by atoms with E-state index in [1.54, 1.807) is 35.5 Å². The molecule has 0 unspecified atom stereocenters. The molecule has 2 heterocycles. The SMILES string of the molecule is COc1ccc(C)cc1-c1cn(C)c(=O)n2cc(COc3ccccc3)nc12. The van der Waals surface area contributed by atoms with Crippen LogP contribution in [0.4, 0.5) is 0 Å². The second-order valence-corrected chi connectivity index (χ2v) is 6.67. The van der Waals surface area contributed by atoms with E-state index in [0.717, 1.165) is 28.2 Å². The Kier molecular flexibility index (Phi) is 4.61. The number of benzene rings is 2. The molecule has 0 spiro atoms. The molecule has 0 amide bonds. The summed E-state index contributed by atoms with van der Waals surface area (Å²) >= 11 is 0. The molecule has 0 bridgehead atoms. The number of hydrogen-bond donors (Lipinski definition) is 0. The van der Waals surface area contributed by atoms with Gasteiger partial charge in [-0.1, -0.05) is 29.8 Å². The molecule has 4 rings (SSSR count). The van der Waals surface area contributed by atoms with E-state index in [4.69, 9.17) is 9.47 Å². The second-order valence-electron chi connectivity index (χ2n) is 6.67. The molecular formula is C22H21N3O3. The number of ether oxygens (including phenoxy) is 2. The van der Waals surface area contributed by atoms with Gasteiger partial charge in [0.05, 0.1) is 12.8 Å². The monoisotopic (exact) mass is 375 g/mol. The van der Waals surface area contributed by atoms with Crippen molar-refractivity contribution in [3.05, 3.63) is 82.7 Å². The van der Waals surface area contributed by atoms with E-state index < -0.39 is 0 Å². The maximum atomic E-state index is 12.6. The van der Waals surface area contributed by atoms with Crippen LogP contribution in [0.1, 0.15) is 11.3 Å². The lowest BCUT2D eigenvalue weighted by Gasteiger charge is -2.12. The first-order chi connectivity index (χ1) is 13.6. The summed E-state index contributed by atoms with van der Waals surface area (Å²) in [6.45, 7) is 2.30. The highest BCUT2D eigenvalue weighted by molar-refractivity contribution is 5.81. The van der Waals surface area contributed by atoms with Crippen LogP contribution in [-0.4, -0.2) is 21.1 Å². The molecule has 2 aromatic carbocycles. The minimum absolute atomic E-state index is 0.163. The van der Waals surface area contributed by atoms with Gasteiger partial charge in [0.1, 0.15) is 18.1 Å². The van der Waals surface area contributed by atoms with E-state index in [1.807, 2.05) is 55.5 Å². The molecule has 0 fully saturated rings. The van der Waals surface area contributed by atoms with Crippen molar-refractivity contribution in [2.45, 2.75) is 13.5 Å². The Hall–Kier alpha value is -3.54. The number of nitrogens with zero attached hydrogens (tertiary/aromatic N) is 3. The minimum atomic E-state index is -0.163. The topological polar surface area (TPSA) is 57.8 Å². The van der Waals surface area contributed by atoms with Crippen molar-refractivity contribution in [3.63, 3.8) is 0 Å². The third kappa shape index (κ3) is 3.24. The van der Waals surface area contributed by atoms with Crippen LogP contribution >= 0.6 is 0 Å². The normalized spacial score (nSPS) is 11.0. The molecule has 0 aliphatic heterocycles. The highest BCUT2D eigenvalue weighted by Gasteiger charge is 2.16. The molecule has 0 saturated heterocycles. The molecule has 4 aromatic rings. The van der Waals surface area contributed by atoms with Crippen molar-refractivity contribution in [3.8, 4) is 22.6 Å². The number of imidazole rings is 1. The maximum absolute atomic E-state index is 12.6. The van der Waals surface area contributed by atoms with Crippen molar-refractivity contribution in [2.24, 2.45) is 7.05 Å². The molecule has 0 atom stereocenters. The standard InChI is InChI=1S/C22H21N3O3/c1-15-9-10-20(27-3)18(11-15)19-13-24(2)22(26)25-12-16(23-21(19)25)14-28-17-7-5-4-6-8-17/h4-13H,14H2,1-3H3. The summed E-state index contributed by atoms with van der Waals surface area (Å²) in [4.78, 5) is 17.3. The number of hydrogen-bond acceptors (Lipinski definition) is 4. The zero-order chi connectivity index (χ0) is 19.7. The highest BCUT2D eigenvalue weighted by atomic mass is 16.5. The molecule has 0 N–H and O–H groups in total. The fourth-order valence-electron chi connectivity index (χ4n) is 3.21. The van der Waals surface area contributed by atoms with Gasteiger partial charge in [0.15, 0.2) is 5.65 Å². The Morgan fingerprint density at radius 2 is 1.82 bits per heavy atom.